The maximum Gasteiger partial charge on any atom is 0.255 e. The molecule has 122 valence electrons. The summed E-state index contributed by atoms with van der Waals surface area (Å²) in [6.45, 7) is 0. The van der Waals surface area contributed by atoms with Gasteiger partial charge in [0, 0.05) is 18.0 Å². The zero-order valence-corrected chi connectivity index (χ0v) is 12.9. The fraction of sp³-hybridized carbons (Fsp3) is 0. The quantitative estimate of drug-likeness (QED) is 0.607. The van der Waals surface area contributed by atoms with E-state index in [1.54, 1.807) is 53.6 Å². The van der Waals surface area contributed by atoms with Crippen molar-refractivity contribution in [3.63, 3.8) is 0 Å². The van der Waals surface area contributed by atoms with Crippen LogP contribution in [0.5, 0.6) is 0 Å². The van der Waals surface area contributed by atoms with Gasteiger partial charge >= 0.3 is 0 Å². The third-order valence-electron chi connectivity index (χ3n) is 3.47. The highest BCUT2D eigenvalue weighted by Crippen LogP contribution is 2.13. The Morgan fingerprint density at radius 2 is 2.04 bits per heavy atom. The SMILES string of the molecule is O=C(Nc1ccc(-n2cccn2)nc1)c1cccc(-n2cnnn2)c1. The van der Waals surface area contributed by atoms with E-state index in [1.165, 1.54) is 11.0 Å². The third kappa shape index (κ3) is 3.11. The Bertz CT molecular complexity index is 977. The van der Waals surface area contributed by atoms with Crippen LogP contribution < -0.4 is 5.32 Å². The number of amides is 1. The maximum absolute atomic E-state index is 12.4. The topological polar surface area (TPSA) is 103 Å². The van der Waals surface area contributed by atoms with Crippen LogP contribution >= 0.6 is 0 Å². The van der Waals surface area contributed by atoms with Crippen molar-refractivity contribution < 1.29 is 4.79 Å². The van der Waals surface area contributed by atoms with Gasteiger partial charge in [-0.25, -0.2) is 14.3 Å². The second kappa shape index (κ2) is 6.32. The Hall–Kier alpha value is -3.88. The van der Waals surface area contributed by atoms with Gasteiger partial charge in [-0.1, -0.05) is 6.07 Å². The number of rotatable bonds is 4. The van der Waals surface area contributed by atoms with Crippen molar-refractivity contribution in [1.29, 1.82) is 0 Å². The fourth-order valence-electron chi connectivity index (χ4n) is 2.27. The molecular formula is C16H12N8O. The lowest BCUT2D eigenvalue weighted by atomic mass is 10.2. The third-order valence-corrected chi connectivity index (χ3v) is 3.47. The number of benzene rings is 1. The molecular weight excluding hydrogens is 320 g/mol. The molecule has 3 aromatic heterocycles. The summed E-state index contributed by atoms with van der Waals surface area (Å²) in [6, 6.07) is 12.4. The standard InChI is InChI=1S/C16H12N8O/c25-16(12-3-1-4-14(9-12)24-11-18-21-22-24)20-13-5-6-15(17-10-13)23-8-2-7-19-23/h1-11H,(H,20,25). The average molecular weight is 332 g/mol. The second-order valence-corrected chi connectivity index (χ2v) is 5.11. The van der Waals surface area contributed by atoms with Gasteiger partial charge in [0.05, 0.1) is 17.6 Å². The van der Waals surface area contributed by atoms with Crippen LogP contribution in [-0.2, 0) is 0 Å². The zero-order chi connectivity index (χ0) is 17.1. The van der Waals surface area contributed by atoms with E-state index < -0.39 is 0 Å². The van der Waals surface area contributed by atoms with Crippen LogP contribution in [0.15, 0.2) is 67.4 Å². The molecule has 9 nitrogen and oxygen atoms in total. The molecule has 0 bridgehead atoms. The number of tetrazole rings is 1. The summed E-state index contributed by atoms with van der Waals surface area (Å²) in [5.74, 6) is 0.423. The Morgan fingerprint density at radius 1 is 1.08 bits per heavy atom. The summed E-state index contributed by atoms with van der Waals surface area (Å²) in [5, 5.41) is 17.9. The van der Waals surface area contributed by atoms with Crippen molar-refractivity contribution in [2.75, 3.05) is 5.32 Å². The molecule has 0 saturated carbocycles. The lowest BCUT2D eigenvalue weighted by molar-refractivity contribution is 0.102. The van der Waals surface area contributed by atoms with Crippen molar-refractivity contribution in [1.82, 2.24) is 35.0 Å². The predicted octanol–water partition coefficient (Wildman–Crippen LogP) is 1.50. The minimum Gasteiger partial charge on any atom is -0.321 e. The molecule has 1 N–H and O–H groups in total. The molecule has 0 fully saturated rings. The van der Waals surface area contributed by atoms with E-state index in [-0.39, 0.29) is 5.91 Å². The molecule has 0 aliphatic rings. The van der Waals surface area contributed by atoms with Gasteiger partial charge in [0.25, 0.3) is 5.91 Å². The molecule has 0 spiro atoms. The van der Waals surface area contributed by atoms with E-state index >= 15 is 0 Å². The number of aromatic nitrogens is 7. The van der Waals surface area contributed by atoms with Gasteiger partial charge in [0.15, 0.2) is 5.82 Å². The van der Waals surface area contributed by atoms with Crippen LogP contribution in [0.4, 0.5) is 5.69 Å². The van der Waals surface area contributed by atoms with Gasteiger partial charge < -0.3 is 5.32 Å². The first-order valence-electron chi connectivity index (χ1n) is 7.40. The van der Waals surface area contributed by atoms with E-state index in [9.17, 15) is 4.79 Å². The molecule has 0 aliphatic carbocycles. The largest absolute Gasteiger partial charge is 0.321 e. The number of hydrogen-bond donors (Lipinski definition) is 1. The summed E-state index contributed by atoms with van der Waals surface area (Å²) in [7, 11) is 0. The summed E-state index contributed by atoms with van der Waals surface area (Å²) < 4.78 is 3.12. The molecule has 0 aliphatic heterocycles. The summed E-state index contributed by atoms with van der Waals surface area (Å²) >= 11 is 0. The lowest BCUT2D eigenvalue weighted by Crippen LogP contribution is -2.13. The number of carbonyl (C=O) groups is 1. The van der Waals surface area contributed by atoms with Crippen LogP contribution in [0.25, 0.3) is 11.5 Å². The van der Waals surface area contributed by atoms with E-state index in [2.05, 4.69) is 30.9 Å². The van der Waals surface area contributed by atoms with Crippen LogP contribution in [-0.4, -0.2) is 40.9 Å². The monoisotopic (exact) mass is 332 g/mol. The first kappa shape index (κ1) is 14.7. The number of anilines is 1. The Labute approximate surface area is 141 Å². The number of carbonyl (C=O) groups excluding carboxylic acids is 1. The van der Waals surface area contributed by atoms with Crippen LogP contribution in [0.3, 0.4) is 0 Å². The van der Waals surface area contributed by atoms with E-state index in [4.69, 9.17) is 0 Å². The van der Waals surface area contributed by atoms with Crippen molar-refractivity contribution in [2.45, 2.75) is 0 Å². The molecule has 0 unspecified atom stereocenters. The molecule has 0 atom stereocenters. The summed E-state index contributed by atoms with van der Waals surface area (Å²) in [5.41, 5.74) is 1.78. The molecule has 4 rings (SSSR count). The lowest BCUT2D eigenvalue weighted by Gasteiger charge is -2.07. The van der Waals surface area contributed by atoms with E-state index in [0.29, 0.717) is 22.8 Å². The molecule has 0 radical (unpaired) electrons. The first-order valence-corrected chi connectivity index (χ1v) is 7.40. The number of hydrogen-bond acceptors (Lipinski definition) is 6. The average Bonchev–Trinajstić information content (AvgIpc) is 3.36. The summed E-state index contributed by atoms with van der Waals surface area (Å²) in [4.78, 5) is 16.7. The number of nitrogens with one attached hydrogen (secondary N) is 1. The normalized spacial score (nSPS) is 10.6. The first-order chi connectivity index (χ1) is 12.3. The van der Waals surface area contributed by atoms with Gasteiger partial charge in [-0.2, -0.15) is 5.10 Å². The van der Waals surface area contributed by atoms with Gasteiger partial charge in [-0.15, -0.1) is 5.10 Å². The number of pyridine rings is 1. The van der Waals surface area contributed by atoms with Crippen LogP contribution in [0.1, 0.15) is 10.4 Å². The van der Waals surface area contributed by atoms with Crippen LogP contribution in [0, 0.1) is 0 Å². The van der Waals surface area contributed by atoms with Gasteiger partial charge in [-0.05, 0) is 46.8 Å². The Balaban J connectivity index is 1.51. The minimum absolute atomic E-state index is 0.247. The Kier molecular flexibility index (Phi) is 3.71. The van der Waals surface area contributed by atoms with Crippen molar-refractivity contribution in [3.05, 3.63) is 72.9 Å². The van der Waals surface area contributed by atoms with Crippen molar-refractivity contribution in [2.24, 2.45) is 0 Å². The Morgan fingerprint density at radius 3 is 2.76 bits per heavy atom. The predicted molar refractivity (Wildman–Crippen MR) is 88.5 cm³/mol. The zero-order valence-electron chi connectivity index (χ0n) is 12.9. The molecule has 4 aromatic rings. The minimum atomic E-state index is -0.247. The number of nitrogens with zero attached hydrogens (tertiary/aromatic N) is 7. The summed E-state index contributed by atoms with van der Waals surface area (Å²) in [6.07, 6.45) is 6.52. The molecule has 0 saturated heterocycles. The molecule has 1 aromatic carbocycles. The maximum atomic E-state index is 12.4. The van der Waals surface area contributed by atoms with E-state index in [0.717, 1.165) is 0 Å². The molecule has 25 heavy (non-hydrogen) atoms. The van der Waals surface area contributed by atoms with Gasteiger partial charge in [-0.3, -0.25) is 4.79 Å². The second-order valence-electron chi connectivity index (χ2n) is 5.11. The fourth-order valence-corrected chi connectivity index (χ4v) is 2.27. The van der Waals surface area contributed by atoms with Gasteiger partial charge in [0.1, 0.15) is 6.33 Å². The smallest absolute Gasteiger partial charge is 0.255 e. The highest BCUT2D eigenvalue weighted by molar-refractivity contribution is 6.04. The van der Waals surface area contributed by atoms with E-state index in [1.807, 2.05) is 12.1 Å². The van der Waals surface area contributed by atoms with Crippen molar-refractivity contribution >= 4 is 11.6 Å². The van der Waals surface area contributed by atoms with Crippen molar-refractivity contribution in [3.8, 4) is 11.5 Å². The molecule has 1 amide bonds. The van der Waals surface area contributed by atoms with Gasteiger partial charge in [0.2, 0.25) is 0 Å². The molecule has 9 heteroatoms. The highest BCUT2D eigenvalue weighted by Gasteiger charge is 2.09. The highest BCUT2D eigenvalue weighted by atomic mass is 16.1. The van der Waals surface area contributed by atoms with Crippen LogP contribution in [0.2, 0.25) is 0 Å². The molecule has 3 heterocycles.